The maximum atomic E-state index is 11.3. The maximum Gasteiger partial charge on any atom is 0.330 e. The summed E-state index contributed by atoms with van der Waals surface area (Å²) in [5.74, 6) is -0.787. The number of hydrogen-bond donors (Lipinski definition) is 4. The molecule has 0 spiro atoms. The van der Waals surface area contributed by atoms with Gasteiger partial charge in [-0.3, -0.25) is 10.2 Å². The lowest BCUT2D eigenvalue weighted by molar-refractivity contribution is 0.0934. The van der Waals surface area contributed by atoms with Crippen molar-refractivity contribution >= 4 is 11.9 Å². The first kappa shape index (κ1) is 10.8. The van der Waals surface area contributed by atoms with Crippen molar-refractivity contribution in [1.29, 1.82) is 0 Å². The smallest absolute Gasteiger partial charge is 0.330 e. The summed E-state index contributed by atoms with van der Waals surface area (Å²) in [6.45, 7) is 1.78. The third kappa shape index (κ3) is 2.87. The zero-order chi connectivity index (χ0) is 11.4. The average Bonchev–Trinajstić information content (AvgIpc) is 2.14. The number of amides is 3. The highest BCUT2D eigenvalue weighted by atomic mass is 16.3. The second-order valence-electron chi connectivity index (χ2n) is 2.96. The highest BCUT2D eigenvalue weighted by Gasteiger charge is 2.10. The number of primary amides is 1. The van der Waals surface area contributed by atoms with Crippen LogP contribution in [-0.2, 0) is 0 Å². The van der Waals surface area contributed by atoms with Gasteiger partial charge >= 0.3 is 6.03 Å². The molecule has 0 heterocycles. The van der Waals surface area contributed by atoms with Crippen LogP contribution in [0, 0.1) is 6.92 Å². The Bertz CT molecular complexity index is 404. The Morgan fingerprint density at radius 2 is 2.00 bits per heavy atom. The Morgan fingerprint density at radius 1 is 1.33 bits per heavy atom. The highest BCUT2D eigenvalue weighted by Crippen LogP contribution is 2.17. The van der Waals surface area contributed by atoms with E-state index >= 15 is 0 Å². The minimum Gasteiger partial charge on any atom is -0.507 e. The van der Waals surface area contributed by atoms with Crippen molar-refractivity contribution in [2.24, 2.45) is 5.73 Å². The van der Waals surface area contributed by atoms with Gasteiger partial charge in [-0.2, -0.15) is 0 Å². The molecule has 3 amide bonds. The van der Waals surface area contributed by atoms with E-state index in [9.17, 15) is 14.7 Å². The van der Waals surface area contributed by atoms with Gasteiger partial charge in [-0.25, -0.2) is 10.2 Å². The molecule has 0 radical (unpaired) electrons. The number of nitrogens with one attached hydrogen (secondary N) is 2. The summed E-state index contributed by atoms with van der Waals surface area (Å²) in [6.07, 6.45) is 0. The Kier molecular flexibility index (Phi) is 3.12. The first-order valence-corrected chi connectivity index (χ1v) is 4.16. The van der Waals surface area contributed by atoms with E-state index in [1.165, 1.54) is 12.1 Å². The van der Waals surface area contributed by atoms with E-state index in [2.05, 4.69) is 0 Å². The van der Waals surface area contributed by atoms with Crippen LogP contribution >= 0.6 is 0 Å². The number of hydrazine groups is 1. The topological polar surface area (TPSA) is 104 Å². The fourth-order valence-electron chi connectivity index (χ4n) is 1.02. The van der Waals surface area contributed by atoms with Crippen molar-refractivity contribution < 1.29 is 14.7 Å². The molecule has 80 valence electrons. The summed E-state index contributed by atoms with van der Waals surface area (Å²) in [4.78, 5) is 21.6. The predicted molar refractivity (Wildman–Crippen MR) is 53.0 cm³/mol. The second-order valence-corrected chi connectivity index (χ2v) is 2.96. The molecule has 0 aliphatic heterocycles. The Balaban J connectivity index is 2.78. The van der Waals surface area contributed by atoms with Crippen LogP contribution in [0.5, 0.6) is 5.75 Å². The number of aromatic hydroxyl groups is 1. The summed E-state index contributed by atoms with van der Waals surface area (Å²) >= 11 is 0. The van der Waals surface area contributed by atoms with Crippen LogP contribution in [0.3, 0.4) is 0 Å². The van der Waals surface area contributed by atoms with Gasteiger partial charge in [0.1, 0.15) is 5.75 Å². The van der Waals surface area contributed by atoms with Crippen molar-refractivity contribution in [2.45, 2.75) is 6.92 Å². The van der Waals surface area contributed by atoms with E-state index in [0.717, 1.165) is 5.56 Å². The third-order valence-corrected chi connectivity index (χ3v) is 1.70. The van der Waals surface area contributed by atoms with Gasteiger partial charge in [-0.05, 0) is 24.6 Å². The van der Waals surface area contributed by atoms with Crippen molar-refractivity contribution in [3.8, 4) is 5.75 Å². The Hall–Kier alpha value is -2.24. The zero-order valence-electron chi connectivity index (χ0n) is 8.07. The van der Waals surface area contributed by atoms with E-state index < -0.39 is 11.9 Å². The number of hydrogen-bond acceptors (Lipinski definition) is 3. The summed E-state index contributed by atoms with van der Waals surface area (Å²) < 4.78 is 0. The van der Waals surface area contributed by atoms with Crippen LogP contribution in [0.4, 0.5) is 4.79 Å². The normalized spacial score (nSPS) is 9.40. The lowest BCUT2D eigenvalue weighted by atomic mass is 10.1. The van der Waals surface area contributed by atoms with E-state index in [4.69, 9.17) is 5.73 Å². The summed E-state index contributed by atoms with van der Waals surface area (Å²) in [5, 5.41) is 9.42. The molecule has 1 aromatic carbocycles. The Morgan fingerprint density at radius 3 is 2.53 bits per heavy atom. The van der Waals surface area contributed by atoms with Crippen LogP contribution < -0.4 is 16.6 Å². The van der Waals surface area contributed by atoms with E-state index in [0.29, 0.717) is 0 Å². The van der Waals surface area contributed by atoms with E-state index in [1.807, 2.05) is 10.9 Å². The van der Waals surface area contributed by atoms with E-state index in [-0.39, 0.29) is 11.3 Å². The number of benzene rings is 1. The molecule has 0 atom stereocenters. The van der Waals surface area contributed by atoms with Crippen LogP contribution in [-0.4, -0.2) is 17.0 Å². The van der Waals surface area contributed by atoms with Gasteiger partial charge in [0.15, 0.2) is 0 Å². The molecule has 0 aromatic heterocycles. The highest BCUT2D eigenvalue weighted by molar-refractivity contribution is 5.97. The predicted octanol–water partition coefficient (Wildman–Crippen LogP) is 0.0137. The number of nitrogens with two attached hydrogens (primary N) is 1. The first-order valence-electron chi connectivity index (χ1n) is 4.16. The van der Waals surface area contributed by atoms with Crippen LogP contribution in [0.15, 0.2) is 18.2 Å². The summed E-state index contributed by atoms with van der Waals surface area (Å²) in [7, 11) is 0. The number of rotatable bonds is 1. The molecule has 0 fully saturated rings. The molecule has 6 nitrogen and oxygen atoms in total. The lowest BCUT2D eigenvalue weighted by Gasteiger charge is -2.06. The summed E-state index contributed by atoms with van der Waals surface area (Å²) in [5.41, 5.74) is 9.59. The molecule has 1 aromatic rings. The standard InChI is InChI=1S/C9H11N3O3/c1-5-2-3-6(7(13)4-5)8(14)11-12-9(10)15/h2-4,13H,1H3,(H,11,14)(H3,10,12,15). The largest absolute Gasteiger partial charge is 0.507 e. The van der Waals surface area contributed by atoms with Gasteiger partial charge in [0, 0.05) is 0 Å². The fourth-order valence-corrected chi connectivity index (χ4v) is 1.02. The molecule has 6 heteroatoms. The number of urea groups is 1. The number of aryl methyl sites for hydroxylation is 1. The quantitative estimate of drug-likeness (QED) is 0.490. The molecule has 0 saturated heterocycles. The minimum absolute atomic E-state index is 0.0642. The van der Waals surface area contributed by atoms with Gasteiger partial charge in [-0.1, -0.05) is 6.07 Å². The van der Waals surface area contributed by atoms with Gasteiger partial charge in [0.25, 0.3) is 5.91 Å². The first-order chi connectivity index (χ1) is 7.00. The van der Waals surface area contributed by atoms with Crippen molar-refractivity contribution in [1.82, 2.24) is 10.9 Å². The van der Waals surface area contributed by atoms with Crippen LogP contribution in [0.2, 0.25) is 0 Å². The Labute approximate surface area is 86.1 Å². The van der Waals surface area contributed by atoms with Gasteiger partial charge in [0.05, 0.1) is 5.56 Å². The molecular weight excluding hydrogens is 198 g/mol. The van der Waals surface area contributed by atoms with Crippen molar-refractivity contribution in [2.75, 3.05) is 0 Å². The molecular formula is C9H11N3O3. The average molecular weight is 209 g/mol. The number of phenols is 1. The number of phenolic OH excluding ortho intramolecular Hbond substituents is 1. The SMILES string of the molecule is Cc1ccc(C(=O)NNC(N)=O)c(O)c1. The van der Waals surface area contributed by atoms with Crippen LogP contribution in [0.25, 0.3) is 0 Å². The monoisotopic (exact) mass is 209 g/mol. The molecule has 0 aliphatic carbocycles. The second kappa shape index (κ2) is 4.32. The molecule has 0 bridgehead atoms. The summed E-state index contributed by atoms with van der Waals surface area (Å²) in [6, 6.07) is 3.68. The maximum absolute atomic E-state index is 11.3. The number of carbonyl (C=O) groups excluding carboxylic acids is 2. The molecule has 5 N–H and O–H groups in total. The van der Waals surface area contributed by atoms with Crippen molar-refractivity contribution in [3.05, 3.63) is 29.3 Å². The van der Waals surface area contributed by atoms with E-state index in [1.54, 1.807) is 13.0 Å². The molecule has 0 unspecified atom stereocenters. The molecule has 15 heavy (non-hydrogen) atoms. The third-order valence-electron chi connectivity index (χ3n) is 1.70. The molecule has 0 aliphatic rings. The van der Waals surface area contributed by atoms with Crippen molar-refractivity contribution in [3.63, 3.8) is 0 Å². The zero-order valence-corrected chi connectivity index (χ0v) is 8.07. The molecule has 1 rings (SSSR count). The van der Waals surface area contributed by atoms with Gasteiger partial charge in [0.2, 0.25) is 0 Å². The minimum atomic E-state index is -0.880. The lowest BCUT2D eigenvalue weighted by Crippen LogP contribution is -2.44. The van der Waals surface area contributed by atoms with Crippen LogP contribution in [0.1, 0.15) is 15.9 Å². The molecule has 0 saturated carbocycles. The van der Waals surface area contributed by atoms with Gasteiger partial charge < -0.3 is 10.8 Å². The fraction of sp³-hybridized carbons (Fsp3) is 0.111. The van der Waals surface area contributed by atoms with Gasteiger partial charge in [-0.15, -0.1) is 0 Å². The number of carbonyl (C=O) groups is 2.